The monoisotopic (exact) mass is 380 g/mol. The zero-order valence-electron chi connectivity index (χ0n) is 17.5. The number of hydrogen-bond acceptors (Lipinski definition) is 2. The Balaban J connectivity index is 0.00000135. The third kappa shape index (κ3) is 3.78. The first-order valence-corrected chi connectivity index (χ1v) is 8.96. The van der Waals surface area contributed by atoms with Crippen LogP contribution < -0.4 is 59.1 Å². The number of halogens is 1. The van der Waals surface area contributed by atoms with Gasteiger partial charge in [-0.15, -0.1) is 12.4 Å². The van der Waals surface area contributed by atoms with Crippen LogP contribution in [0.5, 0.6) is 0 Å². The van der Waals surface area contributed by atoms with Gasteiger partial charge in [-0.05, 0) is 68.3 Å². The molecular formula is C19H27ClN2Na2O. The first-order valence-electron chi connectivity index (χ1n) is 8.96. The maximum absolute atomic E-state index is 13.1. The van der Waals surface area contributed by atoms with Crippen LogP contribution in [0.3, 0.4) is 0 Å². The van der Waals surface area contributed by atoms with E-state index in [1.807, 2.05) is 0 Å². The molecule has 3 saturated heterocycles. The van der Waals surface area contributed by atoms with Crippen molar-refractivity contribution in [2.75, 3.05) is 26.2 Å². The van der Waals surface area contributed by atoms with E-state index in [-0.39, 0.29) is 74.4 Å². The second kappa shape index (κ2) is 8.96. The molecule has 128 valence electrons. The second-order valence-corrected chi connectivity index (χ2v) is 7.63. The summed E-state index contributed by atoms with van der Waals surface area (Å²) in [6.07, 6.45) is 6.27. The Morgan fingerprint density at radius 2 is 1.80 bits per heavy atom. The molecular weight excluding hydrogens is 354 g/mol. The number of piperidine rings is 3. The Kier molecular flexibility index (Phi) is 7.97. The molecule has 0 saturated carbocycles. The van der Waals surface area contributed by atoms with Gasteiger partial charge in [-0.3, -0.25) is 4.79 Å². The van der Waals surface area contributed by atoms with Crippen LogP contribution in [-0.2, 0) is 6.42 Å². The van der Waals surface area contributed by atoms with Crippen LogP contribution in [0.2, 0.25) is 0 Å². The van der Waals surface area contributed by atoms with Gasteiger partial charge in [0.15, 0.2) is 0 Å². The summed E-state index contributed by atoms with van der Waals surface area (Å²) < 4.78 is 0. The predicted octanol–water partition coefficient (Wildman–Crippen LogP) is -2.69. The van der Waals surface area contributed by atoms with Crippen molar-refractivity contribution in [3.63, 3.8) is 0 Å². The number of nitrogens with zero attached hydrogens (tertiary/aromatic N) is 2. The molecule has 0 unspecified atom stereocenters. The van der Waals surface area contributed by atoms with Crippen molar-refractivity contribution in [3.8, 4) is 0 Å². The maximum atomic E-state index is 13.1. The fraction of sp³-hybridized carbons (Fsp3) is 0.632. The number of amides is 1. The van der Waals surface area contributed by atoms with Crippen molar-refractivity contribution >= 4 is 18.3 Å². The Bertz CT molecular complexity index is 644. The Morgan fingerprint density at radius 1 is 1.04 bits per heavy atom. The van der Waals surface area contributed by atoms with E-state index in [0.717, 1.165) is 31.0 Å². The van der Waals surface area contributed by atoms with E-state index in [0.29, 0.717) is 17.9 Å². The third-order valence-corrected chi connectivity index (χ3v) is 6.53. The Labute approximate surface area is 204 Å². The van der Waals surface area contributed by atoms with Crippen LogP contribution in [0.25, 0.3) is 0 Å². The van der Waals surface area contributed by atoms with Gasteiger partial charge in [-0.25, -0.2) is 0 Å². The third-order valence-electron chi connectivity index (χ3n) is 6.53. The molecule has 0 radical (unpaired) electrons. The Morgan fingerprint density at radius 3 is 2.48 bits per heavy atom. The number of aryl methyl sites for hydroxylation is 1. The van der Waals surface area contributed by atoms with Gasteiger partial charge < -0.3 is 12.7 Å². The summed E-state index contributed by atoms with van der Waals surface area (Å²) >= 11 is 0. The fourth-order valence-electron chi connectivity index (χ4n) is 5.41. The van der Waals surface area contributed by atoms with Crippen molar-refractivity contribution < 1.29 is 66.8 Å². The minimum absolute atomic E-state index is 0. The van der Waals surface area contributed by atoms with E-state index >= 15 is 0 Å². The molecule has 4 aliphatic heterocycles. The molecule has 1 aromatic carbocycles. The Hall–Kier alpha value is 0.940. The summed E-state index contributed by atoms with van der Waals surface area (Å²) in [7, 11) is 0. The summed E-state index contributed by atoms with van der Waals surface area (Å²) in [5.74, 6) is 1.64. The normalized spacial score (nSPS) is 32.0. The van der Waals surface area contributed by atoms with Crippen LogP contribution in [0.1, 0.15) is 55.9 Å². The van der Waals surface area contributed by atoms with Gasteiger partial charge in [-0.2, -0.15) is 0 Å². The van der Waals surface area contributed by atoms with Gasteiger partial charge in [-0.1, -0.05) is 12.1 Å². The van der Waals surface area contributed by atoms with E-state index in [2.05, 4.69) is 28.0 Å². The average molecular weight is 381 g/mol. The molecule has 3 fully saturated rings. The number of benzene rings is 1. The molecule has 1 aliphatic carbocycles. The number of hydrogen-bond donors (Lipinski definition) is 0. The standard InChI is InChI=1S/C19H24N2O.ClH.2Na.2H/c22-19-16-6-2-4-14-3-1-5-15(18(14)16)11-21(19)17-12-20-9-7-13(17)8-10-20;;;;;/h2,4,6,13,15,17H,1,3,5,7-12H2;1H;;;;/q;;2*+1;2*-1/t15-,17+;;;;;/m0...../s1. The van der Waals surface area contributed by atoms with Crippen LogP contribution in [-0.4, -0.2) is 47.9 Å². The predicted molar refractivity (Wildman–Crippen MR) is 95.6 cm³/mol. The smallest absolute Gasteiger partial charge is 1.00 e. The second-order valence-electron chi connectivity index (χ2n) is 7.63. The maximum Gasteiger partial charge on any atom is 1.00 e. The molecule has 2 atom stereocenters. The molecule has 0 spiro atoms. The number of carbonyl (C=O) groups excluding carboxylic acids is 1. The number of carbonyl (C=O) groups is 1. The molecule has 5 aliphatic rings. The van der Waals surface area contributed by atoms with E-state index in [9.17, 15) is 4.79 Å². The molecule has 1 aromatic rings. The minimum Gasteiger partial charge on any atom is -1.00 e. The van der Waals surface area contributed by atoms with Crippen molar-refractivity contribution in [2.24, 2.45) is 5.92 Å². The largest absolute Gasteiger partial charge is 1.00 e. The van der Waals surface area contributed by atoms with Crippen LogP contribution in [0.4, 0.5) is 0 Å². The topological polar surface area (TPSA) is 23.6 Å². The molecule has 6 rings (SSSR count). The summed E-state index contributed by atoms with van der Waals surface area (Å²) in [5, 5.41) is 0. The molecule has 3 nitrogen and oxygen atoms in total. The van der Waals surface area contributed by atoms with Crippen LogP contribution >= 0.6 is 12.4 Å². The zero-order chi connectivity index (χ0) is 14.7. The van der Waals surface area contributed by atoms with E-state index in [1.54, 1.807) is 0 Å². The zero-order valence-corrected chi connectivity index (χ0v) is 20.4. The van der Waals surface area contributed by atoms with E-state index in [1.165, 1.54) is 49.9 Å². The number of rotatable bonds is 1. The van der Waals surface area contributed by atoms with Gasteiger partial charge in [0.05, 0.1) is 0 Å². The molecule has 1 amide bonds. The van der Waals surface area contributed by atoms with Gasteiger partial charge in [0, 0.05) is 30.6 Å². The van der Waals surface area contributed by atoms with E-state index < -0.39 is 0 Å². The molecule has 0 N–H and O–H groups in total. The van der Waals surface area contributed by atoms with Crippen molar-refractivity contribution in [1.29, 1.82) is 0 Å². The van der Waals surface area contributed by atoms with Crippen molar-refractivity contribution in [1.82, 2.24) is 9.80 Å². The van der Waals surface area contributed by atoms with Crippen molar-refractivity contribution in [3.05, 3.63) is 34.9 Å². The van der Waals surface area contributed by atoms with Gasteiger partial charge in [0.2, 0.25) is 0 Å². The van der Waals surface area contributed by atoms with Crippen molar-refractivity contribution in [2.45, 2.75) is 44.1 Å². The minimum atomic E-state index is 0. The van der Waals surface area contributed by atoms with Crippen LogP contribution in [0, 0.1) is 5.92 Å². The van der Waals surface area contributed by atoms with Gasteiger partial charge in [0.25, 0.3) is 5.91 Å². The van der Waals surface area contributed by atoms with Gasteiger partial charge in [0.1, 0.15) is 0 Å². The summed E-state index contributed by atoms with van der Waals surface area (Å²) in [4.78, 5) is 18.0. The average Bonchev–Trinajstić information content (AvgIpc) is 2.59. The quantitative estimate of drug-likeness (QED) is 0.496. The molecule has 2 bridgehead atoms. The SMILES string of the molecule is Cl.O=C1c2cccc3c2[C@@H](CCC3)CN1[C@@H]1CN2CCC1CC2.[H-].[H-].[Na+].[Na+]. The van der Waals surface area contributed by atoms with Gasteiger partial charge >= 0.3 is 59.1 Å². The molecule has 0 aromatic heterocycles. The molecule has 25 heavy (non-hydrogen) atoms. The molecule has 6 heteroatoms. The first kappa shape index (κ1) is 22.2. The number of fused-ring (bicyclic) bond motifs is 3. The first-order chi connectivity index (χ1) is 10.8. The fourth-order valence-corrected chi connectivity index (χ4v) is 5.41. The summed E-state index contributed by atoms with van der Waals surface area (Å²) in [5.41, 5.74) is 3.86. The van der Waals surface area contributed by atoms with E-state index in [4.69, 9.17) is 0 Å². The molecule has 4 heterocycles. The van der Waals surface area contributed by atoms with Crippen LogP contribution in [0.15, 0.2) is 18.2 Å². The summed E-state index contributed by atoms with van der Waals surface area (Å²) in [6, 6.07) is 6.87. The summed E-state index contributed by atoms with van der Waals surface area (Å²) in [6.45, 7) is 4.57.